The summed E-state index contributed by atoms with van der Waals surface area (Å²) in [6.07, 6.45) is 4.90. The number of imide groups is 1. The highest BCUT2D eigenvalue weighted by molar-refractivity contribution is 6.08. The molecule has 2 fully saturated rings. The number of urea groups is 1. The van der Waals surface area contributed by atoms with Crippen molar-refractivity contribution in [2.24, 2.45) is 0 Å². The lowest BCUT2D eigenvalue weighted by atomic mass is 9.93. The second-order valence-corrected chi connectivity index (χ2v) is 9.60. The zero-order chi connectivity index (χ0) is 24.1. The largest absolute Gasteiger partial charge is 0.372 e. The monoisotopic (exact) mass is 462 g/mol. The average molecular weight is 463 g/mol. The van der Waals surface area contributed by atoms with Gasteiger partial charge in [-0.3, -0.25) is 14.5 Å². The van der Waals surface area contributed by atoms with Crippen molar-refractivity contribution in [3.8, 4) is 0 Å². The molecule has 34 heavy (non-hydrogen) atoms. The van der Waals surface area contributed by atoms with Crippen LogP contribution < -0.4 is 10.2 Å². The number of piperidine rings is 1. The van der Waals surface area contributed by atoms with Crippen LogP contribution in [-0.2, 0) is 22.6 Å². The van der Waals surface area contributed by atoms with Crippen molar-refractivity contribution in [3.63, 3.8) is 0 Å². The Morgan fingerprint density at radius 1 is 0.971 bits per heavy atom. The Bertz CT molecular complexity index is 1020. The molecule has 0 bridgehead atoms. The second kappa shape index (κ2) is 10.3. The molecular weight excluding hydrogens is 428 g/mol. The molecule has 4 amide bonds. The van der Waals surface area contributed by atoms with E-state index >= 15 is 0 Å². The van der Waals surface area contributed by atoms with E-state index in [4.69, 9.17) is 0 Å². The lowest BCUT2D eigenvalue weighted by Crippen LogP contribution is -2.45. The molecule has 1 N–H and O–H groups in total. The zero-order valence-electron chi connectivity index (χ0n) is 20.1. The van der Waals surface area contributed by atoms with Gasteiger partial charge in [0.25, 0.3) is 5.91 Å². The lowest BCUT2D eigenvalue weighted by Gasteiger charge is -2.29. The van der Waals surface area contributed by atoms with E-state index in [1.54, 1.807) is 18.9 Å². The van der Waals surface area contributed by atoms with Gasteiger partial charge in [-0.05, 0) is 62.3 Å². The molecule has 2 saturated heterocycles. The molecular formula is C27H34N4O3. The van der Waals surface area contributed by atoms with Gasteiger partial charge in [0, 0.05) is 32.4 Å². The van der Waals surface area contributed by atoms with E-state index in [1.807, 2.05) is 42.5 Å². The minimum atomic E-state index is -1.00. The predicted octanol–water partition coefficient (Wildman–Crippen LogP) is 3.58. The third-order valence-corrected chi connectivity index (χ3v) is 6.90. The maximum absolute atomic E-state index is 13.0. The van der Waals surface area contributed by atoms with Crippen LogP contribution in [0.3, 0.4) is 0 Å². The summed E-state index contributed by atoms with van der Waals surface area (Å²) in [7, 11) is 1.70. The summed E-state index contributed by atoms with van der Waals surface area (Å²) in [6.45, 7) is 4.08. The maximum atomic E-state index is 13.0. The first-order valence-corrected chi connectivity index (χ1v) is 12.1. The van der Waals surface area contributed by atoms with E-state index in [-0.39, 0.29) is 18.4 Å². The molecule has 180 valence electrons. The molecule has 0 spiro atoms. The molecule has 1 atom stereocenters. The van der Waals surface area contributed by atoms with Crippen molar-refractivity contribution >= 4 is 23.5 Å². The fraction of sp³-hybridized carbons (Fsp3) is 0.444. The first kappa shape index (κ1) is 23.8. The molecule has 2 aliphatic heterocycles. The molecule has 0 aliphatic carbocycles. The summed E-state index contributed by atoms with van der Waals surface area (Å²) in [4.78, 5) is 43.4. The predicted molar refractivity (Wildman–Crippen MR) is 132 cm³/mol. The molecule has 2 heterocycles. The van der Waals surface area contributed by atoms with Crippen LogP contribution in [0, 0.1) is 0 Å². The highest BCUT2D eigenvalue weighted by atomic mass is 16.2. The smallest absolute Gasteiger partial charge is 0.325 e. The molecule has 2 aliphatic rings. The van der Waals surface area contributed by atoms with Gasteiger partial charge in [-0.15, -0.1) is 0 Å². The molecule has 0 radical (unpaired) electrons. The summed E-state index contributed by atoms with van der Waals surface area (Å²) in [5.41, 5.74) is 2.33. The number of anilines is 1. The minimum absolute atomic E-state index is 0.256. The normalized spacial score (nSPS) is 20.4. The van der Waals surface area contributed by atoms with Crippen molar-refractivity contribution < 1.29 is 14.4 Å². The first-order chi connectivity index (χ1) is 16.4. The highest BCUT2D eigenvalue weighted by Crippen LogP contribution is 2.24. The third-order valence-electron chi connectivity index (χ3n) is 6.90. The Morgan fingerprint density at radius 2 is 1.65 bits per heavy atom. The third kappa shape index (κ3) is 5.41. The lowest BCUT2D eigenvalue weighted by molar-refractivity contribution is -0.138. The van der Waals surface area contributed by atoms with E-state index in [0.717, 1.165) is 29.1 Å². The second-order valence-electron chi connectivity index (χ2n) is 9.60. The number of aryl methyl sites for hydroxylation is 1. The number of carbonyl (C=O) groups excluding carboxylic acids is 3. The number of nitrogens with one attached hydrogen (secondary N) is 1. The number of likely N-dealkylation sites (N-methyl/N-ethyl adjacent to an activating group) is 1. The topological polar surface area (TPSA) is 73.0 Å². The van der Waals surface area contributed by atoms with Crippen LogP contribution in [0.2, 0.25) is 0 Å². The Balaban J connectivity index is 1.31. The fourth-order valence-corrected chi connectivity index (χ4v) is 4.68. The van der Waals surface area contributed by atoms with Gasteiger partial charge in [-0.25, -0.2) is 4.79 Å². The van der Waals surface area contributed by atoms with Gasteiger partial charge in [0.15, 0.2) is 0 Å². The van der Waals surface area contributed by atoms with Gasteiger partial charge in [0.2, 0.25) is 5.91 Å². The summed E-state index contributed by atoms with van der Waals surface area (Å²) < 4.78 is 0. The van der Waals surface area contributed by atoms with Gasteiger partial charge in [0.05, 0.1) is 0 Å². The highest BCUT2D eigenvalue weighted by Gasteiger charge is 2.48. The number of benzene rings is 2. The number of amides is 4. The van der Waals surface area contributed by atoms with Gasteiger partial charge in [-0.2, -0.15) is 0 Å². The molecule has 7 nitrogen and oxygen atoms in total. The minimum Gasteiger partial charge on any atom is -0.372 e. The average Bonchev–Trinajstić information content (AvgIpc) is 3.07. The number of rotatable bonds is 8. The summed E-state index contributed by atoms with van der Waals surface area (Å²) >= 11 is 0. The van der Waals surface area contributed by atoms with Crippen LogP contribution in [-0.4, -0.2) is 59.9 Å². The van der Waals surface area contributed by atoms with Gasteiger partial charge in [0.1, 0.15) is 12.1 Å². The summed E-state index contributed by atoms with van der Waals surface area (Å²) in [6, 6.07) is 17.6. The Kier molecular flexibility index (Phi) is 7.20. The quantitative estimate of drug-likeness (QED) is 0.609. The van der Waals surface area contributed by atoms with Crippen molar-refractivity contribution in [1.29, 1.82) is 0 Å². The van der Waals surface area contributed by atoms with Crippen LogP contribution in [0.15, 0.2) is 54.6 Å². The standard InChI is InChI=1S/C27H34N4O3/c1-27(16-15-21-9-5-3-6-10-21)25(33)31(26(34)28-27)20-24(32)29(2)19-22-11-13-23(14-12-22)30-17-7-4-8-18-30/h3,5-6,9-14H,4,7-8,15-20H2,1-2H3,(H,28,34)/t27-/m1/s1. The molecule has 7 heteroatoms. The van der Waals surface area contributed by atoms with Gasteiger partial charge < -0.3 is 15.1 Å². The van der Waals surface area contributed by atoms with Crippen molar-refractivity contribution in [3.05, 3.63) is 65.7 Å². The maximum Gasteiger partial charge on any atom is 0.325 e. The Hall–Kier alpha value is -3.35. The Labute approximate surface area is 201 Å². The molecule has 0 unspecified atom stereocenters. The van der Waals surface area contributed by atoms with Crippen LogP contribution in [0.5, 0.6) is 0 Å². The molecule has 0 saturated carbocycles. The molecule has 2 aromatic rings. The van der Waals surface area contributed by atoms with Crippen molar-refractivity contribution in [1.82, 2.24) is 15.1 Å². The SMILES string of the molecule is CN(Cc1ccc(N2CCCCC2)cc1)C(=O)CN1C(=O)N[C@](C)(CCc2ccccc2)C1=O. The van der Waals surface area contributed by atoms with E-state index in [0.29, 0.717) is 19.4 Å². The van der Waals surface area contributed by atoms with Crippen LogP contribution in [0.4, 0.5) is 10.5 Å². The summed E-state index contributed by atoms with van der Waals surface area (Å²) in [5.74, 6) is -0.614. The van der Waals surface area contributed by atoms with E-state index in [9.17, 15) is 14.4 Å². The number of nitrogens with zero attached hydrogens (tertiary/aromatic N) is 3. The van der Waals surface area contributed by atoms with Crippen LogP contribution in [0.25, 0.3) is 0 Å². The van der Waals surface area contributed by atoms with Crippen molar-refractivity contribution in [2.45, 2.75) is 51.1 Å². The van der Waals surface area contributed by atoms with Crippen LogP contribution >= 0.6 is 0 Å². The number of hydrogen-bond donors (Lipinski definition) is 1. The number of carbonyl (C=O) groups is 3. The fourth-order valence-electron chi connectivity index (χ4n) is 4.68. The van der Waals surface area contributed by atoms with E-state index in [1.165, 1.54) is 24.9 Å². The van der Waals surface area contributed by atoms with E-state index in [2.05, 4.69) is 22.3 Å². The number of hydrogen-bond acceptors (Lipinski definition) is 4. The van der Waals surface area contributed by atoms with Gasteiger partial charge >= 0.3 is 6.03 Å². The molecule has 0 aromatic heterocycles. The van der Waals surface area contributed by atoms with Crippen LogP contribution in [0.1, 0.15) is 43.7 Å². The van der Waals surface area contributed by atoms with Gasteiger partial charge in [-0.1, -0.05) is 42.5 Å². The zero-order valence-corrected chi connectivity index (χ0v) is 20.1. The van der Waals surface area contributed by atoms with Crippen molar-refractivity contribution in [2.75, 3.05) is 31.6 Å². The molecule has 2 aromatic carbocycles. The summed E-state index contributed by atoms with van der Waals surface area (Å²) in [5, 5.41) is 2.79. The van der Waals surface area contributed by atoms with E-state index < -0.39 is 11.6 Å². The molecule has 4 rings (SSSR count). The first-order valence-electron chi connectivity index (χ1n) is 12.1. The Morgan fingerprint density at radius 3 is 2.32 bits per heavy atom.